The van der Waals surface area contributed by atoms with Crippen LogP contribution in [-0.2, 0) is 4.74 Å². The van der Waals surface area contributed by atoms with Gasteiger partial charge in [0, 0.05) is 13.2 Å². The number of nitrogens with one attached hydrogen (secondary N) is 2. The van der Waals surface area contributed by atoms with E-state index < -0.39 is 6.23 Å². The van der Waals surface area contributed by atoms with E-state index in [0.29, 0.717) is 19.1 Å². The molecule has 0 spiro atoms. The van der Waals surface area contributed by atoms with Gasteiger partial charge < -0.3 is 20.1 Å². The molecule has 0 saturated heterocycles. The molecule has 1 atom stereocenters. The first-order chi connectivity index (χ1) is 10.9. The average Bonchev–Trinajstić information content (AvgIpc) is 2.46. The van der Waals surface area contributed by atoms with Crippen molar-refractivity contribution in [3.05, 3.63) is 29.8 Å². The summed E-state index contributed by atoms with van der Waals surface area (Å²) in [6.45, 7) is 11.3. The standard InChI is InChI=1S/C18H30N2O3/c1-13(2)16-7-9-17(10-8-16)23-15(5)20-18(21)19-11-6-12-22-14(3)4/h7-10,13-15H,6,11-12H2,1-5H3,(H2,19,20,21). The van der Waals surface area contributed by atoms with Crippen molar-refractivity contribution < 1.29 is 14.3 Å². The molecule has 0 heterocycles. The molecule has 23 heavy (non-hydrogen) atoms. The first-order valence-electron chi connectivity index (χ1n) is 8.31. The third-order valence-corrected chi connectivity index (χ3v) is 3.25. The molecule has 2 N–H and O–H groups in total. The molecule has 1 aromatic rings. The van der Waals surface area contributed by atoms with Crippen LogP contribution in [0, 0.1) is 0 Å². The van der Waals surface area contributed by atoms with Gasteiger partial charge >= 0.3 is 6.03 Å². The Hall–Kier alpha value is -1.75. The number of urea groups is 1. The maximum atomic E-state index is 11.7. The third kappa shape index (κ3) is 8.45. The lowest BCUT2D eigenvalue weighted by atomic mass is 10.0. The fourth-order valence-corrected chi connectivity index (χ4v) is 1.99. The summed E-state index contributed by atoms with van der Waals surface area (Å²) < 4.78 is 11.1. The fraction of sp³-hybridized carbons (Fsp3) is 0.611. The Morgan fingerprint density at radius 1 is 1.09 bits per heavy atom. The van der Waals surface area contributed by atoms with Gasteiger partial charge in [-0.05, 0) is 50.8 Å². The second kappa shape index (κ2) is 10.1. The van der Waals surface area contributed by atoms with Crippen LogP contribution in [0.4, 0.5) is 4.79 Å². The highest BCUT2D eigenvalue weighted by atomic mass is 16.5. The molecule has 130 valence electrons. The Morgan fingerprint density at radius 2 is 1.74 bits per heavy atom. The van der Waals surface area contributed by atoms with Crippen LogP contribution in [0.3, 0.4) is 0 Å². The highest BCUT2D eigenvalue weighted by molar-refractivity contribution is 5.73. The van der Waals surface area contributed by atoms with Gasteiger partial charge in [-0.1, -0.05) is 26.0 Å². The summed E-state index contributed by atoms with van der Waals surface area (Å²) >= 11 is 0. The SMILES string of the molecule is CC(C)OCCCNC(=O)NC(C)Oc1ccc(C(C)C)cc1. The van der Waals surface area contributed by atoms with E-state index in [9.17, 15) is 4.79 Å². The maximum Gasteiger partial charge on any atom is 0.317 e. The summed E-state index contributed by atoms with van der Waals surface area (Å²) in [7, 11) is 0. The topological polar surface area (TPSA) is 59.6 Å². The zero-order chi connectivity index (χ0) is 17.2. The summed E-state index contributed by atoms with van der Waals surface area (Å²) in [5, 5.41) is 5.54. The predicted molar refractivity (Wildman–Crippen MR) is 92.9 cm³/mol. The zero-order valence-corrected chi connectivity index (χ0v) is 14.9. The lowest BCUT2D eigenvalue weighted by Gasteiger charge is -2.17. The molecule has 1 aromatic carbocycles. The molecular weight excluding hydrogens is 292 g/mol. The van der Waals surface area contributed by atoms with Crippen LogP contribution in [0.5, 0.6) is 5.75 Å². The van der Waals surface area contributed by atoms with Gasteiger partial charge in [0.15, 0.2) is 6.23 Å². The molecule has 1 unspecified atom stereocenters. The van der Waals surface area contributed by atoms with Crippen LogP contribution in [0.15, 0.2) is 24.3 Å². The zero-order valence-electron chi connectivity index (χ0n) is 14.9. The monoisotopic (exact) mass is 322 g/mol. The Kier molecular flexibility index (Phi) is 8.48. The molecule has 0 saturated carbocycles. The molecule has 0 fully saturated rings. The minimum Gasteiger partial charge on any atom is -0.471 e. The number of carbonyl (C=O) groups is 1. The van der Waals surface area contributed by atoms with Gasteiger partial charge in [-0.2, -0.15) is 0 Å². The molecule has 0 aromatic heterocycles. The van der Waals surface area contributed by atoms with Crippen LogP contribution in [-0.4, -0.2) is 31.5 Å². The summed E-state index contributed by atoms with van der Waals surface area (Å²) in [5.74, 6) is 1.23. The highest BCUT2D eigenvalue weighted by Crippen LogP contribution is 2.19. The highest BCUT2D eigenvalue weighted by Gasteiger charge is 2.08. The molecule has 0 radical (unpaired) electrons. The summed E-state index contributed by atoms with van der Waals surface area (Å²) in [6.07, 6.45) is 0.614. The summed E-state index contributed by atoms with van der Waals surface area (Å²) in [5.41, 5.74) is 1.26. The molecule has 0 aliphatic carbocycles. The van der Waals surface area contributed by atoms with Crippen LogP contribution < -0.4 is 15.4 Å². The second-order valence-electron chi connectivity index (χ2n) is 6.16. The van der Waals surface area contributed by atoms with Gasteiger partial charge in [-0.15, -0.1) is 0 Å². The van der Waals surface area contributed by atoms with Crippen LogP contribution in [0.1, 0.15) is 52.5 Å². The number of amides is 2. The van der Waals surface area contributed by atoms with Crippen molar-refractivity contribution >= 4 is 6.03 Å². The lowest BCUT2D eigenvalue weighted by Crippen LogP contribution is -2.43. The van der Waals surface area contributed by atoms with E-state index in [2.05, 4.69) is 24.5 Å². The van der Waals surface area contributed by atoms with Crippen molar-refractivity contribution in [1.82, 2.24) is 10.6 Å². The van der Waals surface area contributed by atoms with Gasteiger partial charge in [0.25, 0.3) is 0 Å². The summed E-state index contributed by atoms with van der Waals surface area (Å²) in [4.78, 5) is 11.7. The quantitative estimate of drug-likeness (QED) is 0.539. The van der Waals surface area contributed by atoms with Crippen molar-refractivity contribution in [1.29, 1.82) is 0 Å². The summed E-state index contributed by atoms with van der Waals surface area (Å²) in [6, 6.07) is 7.70. The first kappa shape index (κ1) is 19.3. The van der Waals surface area contributed by atoms with Crippen molar-refractivity contribution in [2.45, 2.75) is 59.3 Å². The molecule has 0 bridgehead atoms. The first-order valence-corrected chi connectivity index (χ1v) is 8.31. The Labute approximate surface area is 139 Å². The van der Waals surface area contributed by atoms with E-state index in [0.717, 1.165) is 12.2 Å². The van der Waals surface area contributed by atoms with Crippen LogP contribution in [0.2, 0.25) is 0 Å². The lowest BCUT2D eigenvalue weighted by molar-refractivity contribution is 0.0773. The predicted octanol–water partition coefficient (Wildman–Crippen LogP) is 3.65. The number of benzene rings is 1. The van der Waals surface area contributed by atoms with Gasteiger partial charge in [0.05, 0.1) is 6.10 Å². The van der Waals surface area contributed by atoms with Crippen molar-refractivity contribution in [3.63, 3.8) is 0 Å². The molecule has 0 aliphatic rings. The van der Waals surface area contributed by atoms with Crippen LogP contribution in [0.25, 0.3) is 0 Å². The van der Waals surface area contributed by atoms with E-state index in [4.69, 9.17) is 9.47 Å². The van der Waals surface area contributed by atoms with Crippen LogP contribution >= 0.6 is 0 Å². The van der Waals surface area contributed by atoms with E-state index in [-0.39, 0.29) is 12.1 Å². The Balaban J connectivity index is 2.24. The largest absolute Gasteiger partial charge is 0.471 e. The van der Waals surface area contributed by atoms with E-state index >= 15 is 0 Å². The maximum absolute atomic E-state index is 11.7. The smallest absolute Gasteiger partial charge is 0.317 e. The average molecular weight is 322 g/mol. The minimum absolute atomic E-state index is 0.222. The number of carbonyl (C=O) groups excluding carboxylic acids is 1. The molecule has 5 nitrogen and oxygen atoms in total. The molecule has 5 heteroatoms. The third-order valence-electron chi connectivity index (χ3n) is 3.25. The minimum atomic E-state index is -0.396. The Morgan fingerprint density at radius 3 is 2.30 bits per heavy atom. The van der Waals surface area contributed by atoms with Gasteiger partial charge in [-0.25, -0.2) is 4.79 Å². The number of rotatable bonds is 9. The normalized spacial score (nSPS) is 12.3. The van der Waals surface area contributed by atoms with Gasteiger partial charge in [0.1, 0.15) is 5.75 Å². The van der Waals surface area contributed by atoms with Crippen molar-refractivity contribution in [2.24, 2.45) is 0 Å². The van der Waals surface area contributed by atoms with E-state index in [1.807, 2.05) is 38.1 Å². The molecular formula is C18H30N2O3. The molecule has 2 amide bonds. The van der Waals surface area contributed by atoms with Crippen molar-refractivity contribution in [2.75, 3.05) is 13.2 Å². The number of ether oxygens (including phenoxy) is 2. The molecule has 0 aliphatic heterocycles. The Bertz CT molecular complexity index is 458. The second-order valence-corrected chi connectivity index (χ2v) is 6.16. The fourth-order valence-electron chi connectivity index (χ4n) is 1.99. The van der Waals surface area contributed by atoms with Gasteiger partial charge in [-0.3, -0.25) is 0 Å². The van der Waals surface area contributed by atoms with Crippen molar-refractivity contribution in [3.8, 4) is 5.75 Å². The molecule has 1 rings (SSSR count). The van der Waals surface area contributed by atoms with E-state index in [1.165, 1.54) is 5.56 Å². The number of hydrogen-bond acceptors (Lipinski definition) is 3. The number of hydrogen-bond donors (Lipinski definition) is 2. The van der Waals surface area contributed by atoms with Gasteiger partial charge in [0.2, 0.25) is 0 Å². The van der Waals surface area contributed by atoms with E-state index in [1.54, 1.807) is 6.92 Å².